The Balaban J connectivity index is 2.16. The first-order chi connectivity index (χ1) is 9.28. The van der Waals surface area contributed by atoms with Gasteiger partial charge in [-0.2, -0.15) is 0 Å². The topological polar surface area (TPSA) is 58.2 Å². The predicted octanol–water partition coefficient (Wildman–Crippen LogP) is 2.63. The van der Waals surface area contributed by atoms with Gasteiger partial charge in [0.05, 0.1) is 0 Å². The quantitative estimate of drug-likeness (QED) is 0.760. The Morgan fingerprint density at radius 3 is 2.65 bits per heavy atom. The molecule has 2 rings (SSSR count). The van der Waals surface area contributed by atoms with Crippen LogP contribution in [0.1, 0.15) is 44.1 Å². The van der Waals surface area contributed by atoms with Crippen LogP contribution >= 0.6 is 11.3 Å². The van der Waals surface area contributed by atoms with Crippen molar-refractivity contribution in [2.24, 2.45) is 5.41 Å². The molecule has 114 valence electrons. The van der Waals surface area contributed by atoms with Gasteiger partial charge >= 0.3 is 0 Å². The molecule has 1 aromatic heterocycles. The molecule has 1 unspecified atom stereocenters. The van der Waals surface area contributed by atoms with Crippen LogP contribution in [0.5, 0.6) is 0 Å². The highest BCUT2D eigenvalue weighted by Crippen LogP contribution is 2.45. The maximum atomic E-state index is 12.6. The van der Waals surface area contributed by atoms with E-state index in [0.29, 0.717) is 11.4 Å². The molecule has 1 heterocycles. The van der Waals surface area contributed by atoms with Gasteiger partial charge in [0, 0.05) is 17.5 Å². The van der Waals surface area contributed by atoms with Crippen molar-refractivity contribution < 1.29 is 8.42 Å². The summed E-state index contributed by atoms with van der Waals surface area (Å²) >= 11 is 1.52. The van der Waals surface area contributed by atoms with E-state index < -0.39 is 10.0 Å². The highest BCUT2D eigenvalue weighted by atomic mass is 32.2. The molecule has 0 amide bonds. The summed E-state index contributed by atoms with van der Waals surface area (Å²) in [5.41, 5.74) is 0.937. The fourth-order valence-corrected chi connectivity index (χ4v) is 5.45. The minimum absolute atomic E-state index is 0.0725. The van der Waals surface area contributed by atoms with E-state index in [4.69, 9.17) is 0 Å². The summed E-state index contributed by atoms with van der Waals surface area (Å²) in [7, 11) is -3.40. The smallest absolute Gasteiger partial charge is 0.242 e. The van der Waals surface area contributed by atoms with E-state index in [2.05, 4.69) is 30.8 Å². The number of rotatable bonds is 7. The van der Waals surface area contributed by atoms with Gasteiger partial charge in [-0.3, -0.25) is 0 Å². The van der Waals surface area contributed by atoms with Crippen molar-refractivity contribution in [1.29, 1.82) is 0 Å². The normalized spacial score (nSPS) is 21.1. The highest BCUT2D eigenvalue weighted by molar-refractivity contribution is 7.89. The van der Waals surface area contributed by atoms with Crippen molar-refractivity contribution >= 4 is 21.4 Å². The summed E-state index contributed by atoms with van der Waals surface area (Å²) in [5, 5.41) is 5.21. The van der Waals surface area contributed by atoms with E-state index in [1.54, 1.807) is 0 Å². The Kier molecular flexibility index (Phi) is 4.59. The maximum absolute atomic E-state index is 12.6. The summed E-state index contributed by atoms with van der Waals surface area (Å²) in [5.74, 6) is 0. The standard InChI is InChI=1S/C14H24N2O2S2/c1-5-6-15-8-11-13(10(2)9-19-11)20(17,18)16-12-7-14(12,3)4/h9,12,15-16H,5-8H2,1-4H3. The average Bonchev–Trinajstić information content (AvgIpc) is 2.74. The fraction of sp³-hybridized carbons (Fsp3) is 0.714. The largest absolute Gasteiger partial charge is 0.312 e. The van der Waals surface area contributed by atoms with Crippen molar-refractivity contribution in [3.8, 4) is 0 Å². The van der Waals surface area contributed by atoms with Crippen LogP contribution < -0.4 is 10.0 Å². The molecule has 1 saturated carbocycles. The van der Waals surface area contributed by atoms with Gasteiger partial charge in [0.1, 0.15) is 4.90 Å². The molecule has 20 heavy (non-hydrogen) atoms. The Bertz CT molecular complexity index is 576. The first kappa shape index (κ1) is 15.9. The van der Waals surface area contributed by atoms with E-state index in [-0.39, 0.29) is 11.5 Å². The number of sulfonamides is 1. The molecular formula is C14H24N2O2S2. The van der Waals surface area contributed by atoms with Crippen LogP contribution in [0, 0.1) is 12.3 Å². The van der Waals surface area contributed by atoms with Gasteiger partial charge in [-0.15, -0.1) is 11.3 Å². The molecule has 1 aliphatic carbocycles. The second kappa shape index (κ2) is 5.75. The summed E-state index contributed by atoms with van der Waals surface area (Å²) in [4.78, 5) is 1.38. The van der Waals surface area contributed by atoms with E-state index in [1.807, 2.05) is 12.3 Å². The first-order valence-corrected chi connectivity index (χ1v) is 9.44. The van der Waals surface area contributed by atoms with E-state index in [0.717, 1.165) is 29.8 Å². The molecule has 1 fully saturated rings. The van der Waals surface area contributed by atoms with Crippen molar-refractivity contribution in [1.82, 2.24) is 10.0 Å². The van der Waals surface area contributed by atoms with Gasteiger partial charge < -0.3 is 5.32 Å². The van der Waals surface area contributed by atoms with Gasteiger partial charge in [-0.1, -0.05) is 20.8 Å². The Labute approximate surface area is 126 Å². The summed E-state index contributed by atoms with van der Waals surface area (Å²) in [6.07, 6.45) is 1.96. The third-order valence-corrected chi connectivity index (χ3v) is 6.72. The molecule has 0 bridgehead atoms. The van der Waals surface area contributed by atoms with E-state index >= 15 is 0 Å². The van der Waals surface area contributed by atoms with Crippen LogP contribution in [0.3, 0.4) is 0 Å². The lowest BCUT2D eigenvalue weighted by Crippen LogP contribution is -2.30. The van der Waals surface area contributed by atoms with Gasteiger partial charge in [0.15, 0.2) is 0 Å². The molecule has 1 atom stereocenters. The van der Waals surface area contributed by atoms with E-state index in [9.17, 15) is 8.42 Å². The van der Waals surface area contributed by atoms with Crippen LogP contribution in [0.15, 0.2) is 10.3 Å². The Hall–Kier alpha value is -0.430. The number of nitrogens with one attached hydrogen (secondary N) is 2. The average molecular weight is 316 g/mol. The highest BCUT2D eigenvalue weighted by Gasteiger charge is 2.48. The van der Waals surface area contributed by atoms with Gasteiger partial charge in [-0.25, -0.2) is 13.1 Å². The molecule has 1 aromatic rings. The summed E-state index contributed by atoms with van der Waals surface area (Å²) < 4.78 is 28.0. The van der Waals surface area contributed by atoms with Crippen molar-refractivity contribution in [2.45, 2.75) is 58.0 Å². The second-order valence-corrected chi connectivity index (χ2v) is 8.83. The third-order valence-electron chi connectivity index (χ3n) is 3.78. The van der Waals surface area contributed by atoms with Gasteiger partial charge in [-0.05, 0) is 42.7 Å². The molecule has 4 nitrogen and oxygen atoms in total. The van der Waals surface area contributed by atoms with Crippen molar-refractivity contribution in [3.05, 3.63) is 15.8 Å². The summed E-state index contributed by atoms with van der Waals surface area (Å²) in [6, 6.07) is 0.0725. The fourth-order valence-electron chi connectivity index (χ4n) is 2.26. The molecular weight excluding hydrogens is 292 g/mol. The molecule has 0 radical (unpaired) electrons. The SMILES string of the molecule is CCCNCc1scc(C)c1S(=O)(=O)NC1CC1(C)C. The molecule has 1 aliphatic rings. The van der Waals surface area contributed by atoms with Crippen molar-refractivity contribution in [3.63, 3.8) is 0 Å². The lowest BCUT2D eigenvalue weighted by molar-refractivity contribution is 0.553. The monoisotopic (exact) mass is 316 g/mol. The zero-order valence-corrected chi connectivity index (χ0v) is 14.2. The van der Waals surface area contributed by atoms with Crippen LogP contribution in [0.2, 0.25) is 0 Å². The maximum Gasteiger partial charge on any atom is 0.242 e. The third kappa shape index (κ3) is 3.42. The van der Waals surface area contributed by atoms with Crippen LogP contribution in [-0.2, 0) is 16.6 Å². The first-order valence-electron chi connectivity index (χ1n) is 7.08. The second-order valence-electron chi connectivity index (χ2n) is 6.21. The minimum Gasteiger partial charge on any atom is -0.312 e. The molecule has 6 heteroatoms. The van der Waals surface area contributed by atoms with Crippen LogP contribution in [-0.4, -0.2) is 21.0 Å². The Morgan fingerprint density at radius 2 is 2.10 bits per heavy atom. The molecule has 2 N–H and O–H groups in total. The van der Waals surface area contributed by atoms with Gasteiger partial charge in [0.2, 0.25) is 10.0 Å². The lowest BCUT2D eigenvalue weighted by Gasteiger charge is -2.11. The molecule has 0 saturated heterocycles. The lowest BCUT2D eigenvalue weighted by atomic mass is 10.2. The zero-order chi connectivity index (χ0) is 15.0. The summed E-state index contributed by atoms with van der Waals surface area (Å²) in [6.45, 7) is 9.67. The Morgan fingerprint density at radius 1 is 1.45 bits per heavy atom. The number of thiophene rings is 1. The predicted molar refractivity (Wildman–Crippen MR) is 83.6 cm³/mol. The van der Waals surface area contributed by atoms with Crippen LogP contribution in [0.25, 0.3) is 0 Å². The zero-order valence-electron chi connectivity index (χ0n) is 12.6. The molecule has 0 aromatic carbocycles. The van der Waals surface area contributed by atoms with Gasteiger partial charge in [0.25, 0.3) is 0 Å². The van der Waals surface area contributed by atoms with E-state index in [1.165, 1.54) is 11.3 Å². The number of aryl methyl sites for hydroxylation is 1. The van der Waals surface area contributed by atoms with Crippen molar-refractivity contribution in [2.75, 3.05) is 6.54 Å². The minimum atomic E-state index is -3.40. The molecule has 0 spiro atoms. The molecule has 0 aliphatic heterocycles. The number of hydrogen-bond acceptors (Lipinski definition) is 4. The van der Waals surface area contributed by atoms with Crippen LogP contribution in [0.4, 0.5) is 0 Å². The number of hydrogen-bond donors (Lipinski definition) is 2.